The van der Waals surface area contributed by atoms with Crippen LogP contribution in [0.15, 0.2) is 30.3 Å². The largest absolute Gasteiger partial charge is 0.481 e. The first-order chi connectivity index (χ1) is 8.58. The van der Waals surface area contributed by atoms with Gasteiger partial charge >= 0.3 is 5.97 Å². The zero-order chi connectivity index (χ0) is 13.1. The maximum absolute atomic E-state index is 11.0. The van der Waals surface area contributed by atoms with Crippen LogP contribution in [-0.2, 0) is 4.79 Å². The molecular weight excluding hydrogens is 230 g/mol. The molecule has 0 aromatic heterocycles. The molecule has 4 heteroatoms. The summed E-state index contributed by atoms with van der Waals surface area (Å²) in [5.74, 6) is -0.905. The van der Waals surface area contributed by atoms with Gasteiger partial charge in [-0.25, -0.2) is 0 Å². The van der Waals surface area contributed by atoms with E-state index in [4.69, 9.17) is 5.11 Å². The Kier molecular flexibility index (Phi) is 3.99. The third-order valence-corrected chi connectivity index (χ3v) is 3.62. The van der Waals surface area contributed by atoms with E-state index in [0.717, 1.165) is 12.1 Å². The molecule has 1 aromatic rings. The fourth-order valence-corrected chi connectivity index (χ4v) is 2.56. The quantitative estimate of drug-likeness (QED) is 0.846. The van der Waals surface area contributed by atoms with Gasteiger partial charge in [-0.05, 0) is 11.5 Å². The van der Waals surface area contributed by atoms with Crippen molar-refractivity contribution in [1.82, 2.24) is 4.90 Å². The minimum atomic E-state index is -0.737. The Bertz CT molecular complexity index is 407. The van der Waals surface area contributed by atoms with Gasteiger partial charge in [0.1, 0.15) is 0 Å². The first-order valence-electron chi connectivity index (χ1n) is 6.26. The molecule has 18 heavy (non-hydrogen) atoms. The van der Waals surface area contributed by atoms with E-state index in [1.807, 2.05) is 42.2 Å². The molecule has 0 saturated carbocycles. The number of rotatable bonds is 4. The third kappa shape index (κ3) is 2.89. The highest BCUT2D eigenvalue weighted by Crippen LogP contribution is 2.25. The smallest absolute Gasteiger partial charge is 0.308 e. The summed E-state index contributed by atoms with van der Waals surface area (Å²) in [4.78, 5) is 13.1. The summed E-state index contributed by atoms with van der Waals surface area (Å²) in [6, 6.07) is 9.47. The topological polar surface area (TPSA) is 60.8 Å². The van der Waals surface area contributed by atoms with E-state index in [0.29, 0.717) is 13.1 Å². The van der Waals surface area contributed by atoms with Gasteiger partial charge in [-0.3, -0.25) is 9.69 Å². The summed E-state index contributed by atoms with van der Waals surface area (Å²) in [6.07, 6.45) is -0.550. The second-order valence-electron chi connectivity index (χ2n) is 5.07. The molecule has 1 saturated heterocycles. The number of aliphatic carboxylic acids is 1. The van der Waals surface area contributed by atoms with E-state index in [2.05, 4.69) is 0 Å². The highest BCUT2D eigenvalue weighted by molar-refractivity contribution is 5.71. The van der Waals surface area contributed by atoms with Gasteiger partial charge in [0.2, 0.25) is 0 Å². The average molecular weight is 249 g/mol. The van der Waals surface area contributed by atoms with Crippen molar-refractivity contribution in [2.24, 2.45) is 11.8 Å². The highest BCUT2D eigenvalue weighted by atomic mass is 16.4. The van der Waals surface area contributed by atoms with E-state index in [1.54, 1.807) is 0 Å². The molecule has 3 unspecified atom stereocenters. The molecule has 1 fully saturated rings. The number of nitrogens with zero attached hydrogens (tertiary/aromatic N) is 1. The Morgan fingerprint density at radius 2 is 2.06 bits per heavy atom. The van der Waals surface area contributed by atoms with Crippen molar-refractivity contribution in [2.75, 3.05) is 19.6 Å². The van der Waals surface area contributed by atoms with Gasteiger partial charge in [0.15, 0.2) is 0 Å². The van der Waals surface area contributed by atoms with Crippen molar-refractivity contribution in [3.63, 3.8) is 0 Å². The van der Waals surface area contributed by atoms with Crippen molar-refractivity contribution >= 4 is 5.97 Å². The lowest BCUT2D eigenvalue weighted by Gasteiger charge is -2.20. The molecule has 0 amide bonds. The van der Waals surface area contributed by atoms with E-state index < -0.39 is 12.1 Å². The normalized spacial score (nSPS) is 26.1. The number of hydrogen-bond acceptors (Lipinski definition) is 3. The summed E-state index contributed by atoms with van der Waals surface area (Å²) < 4.78 is 0. The lowest BCUT2D eigenvalue weighted by atomic mass is 9.99. The van der Waals surface area contributed by atoms with Crippen molar-refractivity contribution in [2.45, 2.75) is 13.0 Å². The maximum Gasteiger partial charge on any atom is 0.308 e. The number of carboxylic acid groups (broad SMARTS) is 1. The van der Waals surface area contributed by atoms with Gasteiger partial charge in [-0.2, -0.15) is 0 Å². The van der Waals surface area contributed by atoms with Crippen LogP contribution in [0.25, 0.3) is 0 Å². The van der Waals surface area contributed by atoms with Crippen LogP contribution in [0.3, 0.4) is 0 Å². The zero-order valence-electron chi connectivity index (χ0n) is 10.5. The van der Waals surface area contributed by atoms with Gasteiger partial charge in [0.05, 0.1) is 12.0 Å². The molecule has 0 bridgehead atoms. The fourth-order valence-electron chi connectivity index (χ4n) is 2.56. The predicted molar refractivity (Wildman–Crippen MR) is 68.1 cm³/mol. The first-order valence-corrected chi connectivity index (χ1v) is 6.26. The zero-order valence-corrected chi connectivity index (χ0v) is 10.5. The lowest BCUT2D eigenvalue weighted by molar-refractivity contribution is -0.142. The molecule has 0 spiro atoms. The molecule has 4 nitrogen and oxygen atoms in total. The number of β-amino-alcohol motifs (C(OH)–C–C–N with tert-alkyl or cyclic N) is 1. The van der Waals surface area contributed by atoms with Gasteiger partial charge < -0.3 is 10.2 Å². The number of benzene rings is 1. The molecule has 1 heterocycles. The number of likely N-dealkylation sites (tertiary alicyclic amines) is 1. The number of hydrogen-bond donors (Lipinski definition) is 2. The van der Waals surface area contributed by atoms with E-state index >= 15 is 0 Å². The van der Waals surface area contributed by atoms with E-state index in [1.165, 1.54) is 0 Å². The molecule has 1 aliphatic rings. The Morgan fingerprint density at radius 1 is 1.39 bits per heavy atom. The minimum absolute atomic E-state index is 0.144. The predicted octanol–water partition coefficient (Wildman–Crippen LogP) is 1.37. The van der Waals surface area contributed by atoms with Crippen LogP contribution < -0.4 is 0 Å². The van der Waals surface area contributed by atoms with Gasteiger partial charge in [-0.15, -0.1) is 0 Å². The number of aliphatic hydroxyl groups excluding tert-OH is 1. The van der Waals surface area contributed by atoms with E-state index in [-0.39, 0.29) is 11.8 Å². The molecular formula is C14H19NO3. The molecule has 1 aliphatic heterocycles. The first kappa shape index (κ1) is 13.1. The summed E-state index contributed by atoms with van der Waals surface area (Å²) >= 11 is 0. The van der Waals surface area contributed by atoms with E-state index in [9.17, 15) is 9.90 Å². The summed E-state index contributed by atoms with van der Waals surface area (Å²) in [7, 11) is 0. The van der Waals surface area contributed by atoms with Crippen LogP contribution in [0.2, 0.25) is 0 Å². The third-order valence-electron chi connectivity index (χ3n) is 3.62. The summed E-state index contributed by atoms with van der Waals surface area (Å²) in [5.41, 5.74) is 0.879. The minimum Gasteiger partial charge on any atom is -0.481 e. The molecule has 2 rings (SSSR count). The maximum atomic E-state index is 11.0. The van der Waals surface area contributed by atoms with Crippen molar-refractivity contribution in [3.05, 3.63) is 35.9 Å². The summed E-state index contributed by atoms with van der Waals surface area (Å²) in [5, 5.41) is 19.2. The number of aliphatic hydroxyl groups is 1. The highest BCUT2D eigenvalue weighted by Gasteiger charge is 2.35. The van der Waals surface area contributed by atoms with Crippen LogP contribution in [-0.4, -0.2) is 40.7 Å². The van der Waals surface area contributed by atoms with Crippen LogP contribution in [0.1, 0.15) is 18.6 Å². The van der Waals surface area contributed by atoms with Crippen LogP contribution in [0, 0.1) is 11.8 Å². The summed E-state index contributed by atoms with van der Waals surface area (Å²) in [6.45, 7) is 3.72. The Morgan fingerprint density at radius 3 is 2.61 bits per heavy atom. The van der Waals surface area contributed by atoms with Crippen LogP contribution in [0.4, 0.5) is 0 Å². The molecule has 98 valence electrons. The second-order valence-corrected chi connectivity index (χ2v) is 5.07. The standard InChI is InChI=1S/C14H19NO3/c1-10-7-15(8-12(10)14(17)18)9-13(16)11-5-3-2-4-6-11/h2-6,10,12-13,16H,7-9H2,1H3,(H,17,18). The molecule has 2 N–H and O–H groups in total. The number of carboxylic acids is 1. The monoisotopic (exact) mass is 249 g/mol. The molecule has 3 atom stereocenters. The average Bonchev–Trinajstić information content (AvgIpc) is 2.71. The van der Waals surface area contributed by atoms with Gasteiger partial charge in [-0.1, -0.05) is 37.3 Å². The van der Waals surface area contributed by atoms with Crippen LogP contribution >= 0.6 is 0 Å². The second kappa shape index (κ2) is 5.50. The molecule has 0 radical (unpaired) electrons. The van der Waals surface area contributed by atoms with Gasteiger partial charge in [0.25, 0.3) is 0 Å². The SMILES string of the molecule is CC1CN(CC(O)c2ccccc2)CC1C(=O)O. The Hall–Kier alpha value is -1.39. The van der Waals surface area contributed by atoms with Crippen molar-refractivity contribution in [3.8, 4) is 0 Å². The Labute approximate surface area is 107 Å². The van der Waals surface area contributed by atoms with Crippen molar-refractivity contribution < 1.29 is 15.0 Å². The lowest BCUT2D eigenvalue weighted by Crippen LogP contribution is -2.27. The fraction of sp³-hybridized carbons (Fsp3) is 0.500. The number of carbonyl (C=O) groups is 1. The molecule has 0 aliphatic carbocycles. The molecule has 1 aromatic carbocycles. The van der Waals surface area contributed by atoms with Crippen LogP contribution in [0.5, 0.6) is 0 Å². The van der Waals surface area contributed by atoms with Gasteiger partial charge in [0, 0.05) is 19.6 Å². The Balaban J connectivity index is 1.94. The van der Waals surface area contributed by atoms with Crippen molar-refractivity contribution in [1.29, 1.82) is 0 Å².